The second-order valence-electron chi connectivity index (χ2n) is 9.73. The van der Waals surface area contributed by atoms with Crippen molar-refractivity contribution in [2.24, 2.45) is 0 Å². The molecule has 0 saturated carbocycles. The number of pyridine rings is 2. The summed E-state index contributed by atoms with van der Waals surface area (Å²) >= 11 is 0. The molecule has 8 rings (SSSR count). The van der Waals surface area contributed by atoms with Crippen molar-refractivity contribution in [3.8, 4) is 22.4 Å². The van der Waals surface area contributed by atoms with Crippen molar-refractivity contribution in [3.05, 3.63) is 127 Å². The summed E-state index contributed by atoms with van der Waals surface area (Å²) < 4.78 is 6.01. The first kappa shape index (κ1) is 21.5. The topological polar surface area (TPSA) is 43.3 Å². The zero-order valence-electron chi connectivity index (χ0n) is 20.7. The van der Waals surface area contributed by atoms with Crippen molar-refractivity contribution in [1.29, 1.82) is 0 Å². The average Bonchev–Trinajstić information content (AvgIpc) is 3.37. The zero-order chi connectivity index (χ0) is 25.9. The summed E-state index contributed by atoms with van der Waals surface area (Å²) in [5.74, 6) is 0. The van der Waals surface area contributed by atoms with E-state index in [1.165, 1.54) is 5.39 Å². The van der Waals surface area contributed by atoms with Gasteiger partial charge in [0.15, 0.2) is 5.69 Å². The molecule has 0 atom stereocenters. The predicted molar refractivity (Wildman–Crippen MR) is 159 cm³/mol. The van der Waals surface area contributed by atoms with Crippen molar-refractivity contribution in [2.75, 3.05) is 0 Å². The molecule has 0 aliphatic heterocycles. The molecule has 3 aromatic heterocycles. The summed E-state index contributed by atoms with van der Waals surface area (Å²) in [5.41, 5.74) is 8.16. The highest BCUT2D eigenvalue weighted by Gasteiger charge is 2.15. The standard InChI is InChI=1S/C35H19N3O/c1-36-25-15-17-32-29(19-25)28-18-23(14-16-31(28)39-32)21-10-12-22(13-11-21)34-35-33(27-8-4-5-9-30(27)38-34)26-7-3-2-6-24(26)20-37-35/h2-20H. The average molecular weight is 498 g/mol. The van der Waals surface area contributed by atoms with E-state index in [2.05, 4.69) is 77.6 Å². The molecule has 0 amide bonds. The second-order valence-corrected chi connectivity index (χ2v) is 9.73. The maximum absolute atomic E-state index is 7.37. The highest BCUT2D eigenvalue weighted by Crippen LogP contribution is 2.37. The van der Waals surface area contributed by atoms with Gasteiger partial charge in [-0.05, 0) is 46.8 Å². The fourth-order valence-electron chi connectivity index (χ4n) is 5.61. The Morgan fingerprint density at radius 1 is 0.615 bits per heavy atom. The van der Waals surface area contributed by atoms with Crippen LogP contribution in [0.1, 0.15) is 0 Å². The third kappa shape index (κ3) is 3.31. The molecule has 0 unspecified atom stereocenters. The summed E-state index contributed by atoms with van der Waals surface area (Å²) in [5, 5.41) is 6.51. The van der Waals surface area contributed by atoms with Crippen LogP contribution in [-0.4, -0.2) is 9.97 Å². The number of hydrogen-bond acceptors (Lipinski definition) is 3. The Hall–Kier alpha value is -5.53. The smallest absolute Gasteiger partial charge is 0.188 e. The van der Waals surface area contributed by atoms with E-state index in [-0.39, 0.29) is 0 Å². The van der Waals surface area contributed by atoms with E-state index in [0.717, 1.165) is 71.5 Å². The van der Waals surface area contributed by atoms with Crippen molar-refractivity contribution in [3.63, 3.8) is 0 Å². The number of aromatic nitrogens is 2. The van der Waals surface area contributed by atoms with Gasteiger partial charge in [0.05, 0.1) is 23.3 Å². The normalized spacial score (nSPS) is 11.6. The lowest BCUT2D eigenvalue weighted by Gasteiger charge is -2.12. The van der Waals surface area contributed by atoms with Crippen LogP contribution in [0.4, 0.5) is 5.69 Å². The van der Waals surface area contributed by atoms with Gasteiger partial charge in [0.1, 0.15) is 11.2 Å². The fraction of sp³-hybridized carbons (Fsp3) is 0. The summed E-state index contributed by atoms with van der Waals surface area (Å²) in [7, 11) is 0. The van der Waals surface area contributed by atoms with Crippen molar-refractivity contribution < 1.29 is 4.42 Å². The van der Waals surface area contributed by atoms with E-state index in [1.54, 1.807) is 6.07 Å². The molecular formula is C35H19N3O. The van der Waals surface area contributed by atoms with Gasteiger partial charge in [-0.1, -0.05) is 78.9 Å². The van der Waals surface area contributed by atoms with Gasteiger partial charge in [-0.25, -0.2) is 9.83 Å². The first-order valence-electron chi connectivity index (χ1n) is 12.8. The highest BCUT2D eigenvalue weighted by atomic mass is 16.3. The van der Waals surface area contributed by atoms with Gasteiger partial charge in [0, 0.05) is 38.7 Å². The number of furan rings is 1. The third-order valence-electron chi connectivity index (χ3n) is 7.50. The van der Waals surface area contributed by atoms with Crippen molar-refractivity contribution in [1.82, 2.24) is 9.97 Å². The molecule has 0 aliphatic carbocycles. The Morgan fingerprint density at radius 2 is 1.31 bits per heavy atom. The van der Waals surface area contributed by atoms with Gasteiger partial charge in [-0.15, -0.1) is 0 Å². The molecule has 4 heteroatoms. The molecule has 0 spiro atoms. The predicted octanol–water partition coefficient (Wildman–Crippen LogP) is 9.72. The van der Waals surface area contributed by atoms with Gasteiger partial charge in [0.2, 0.25) is 0 Å². The Morgan fingerprint density at radius 3 is 2.15 bits per heavy atom. The number of benzene rings is 5. The van der Waals surface area contributed by atoms with Crippen LogP contribution in [0.25, 0.3) is 81.7 Å². The van der Waals surface area contributed by atoms with Gasteiger partial charge >= 0.3 is 0 Å². The van der Waals surface area contributed by atoms with Crippen LogP contribution in [0, 0.1) is 6.57 Å². The van der Waals surface area contributed by atoms with E-state index in [9.17, 15) is 0 Å². The number of rotatable bonds is 2. The van der Waals surface area contributed by atoms with E-state index in [1.807, 2.05) is 36.5 Å². The number of nitrogens with zero attached hydrogens (tertiary/aromatic N) is 3. The first-order valence-corrected chi connectivity index (χ1v) is 12.8. The van der Waals surface area contributed by atoms with Crippen molar-refractivity contribution in [2.45, 2.75) is 0 Å². The van der Waals surface area contributed by atoms with Crippen LogP contribution in [-0.2, 0) is 0 Å². The van der Waals surface area contributed by atoms with Crippen LogP contribution in [0.3, 0.4) is 0 Å². The number of hydrogen-bond donors (Lipinski definition) is 0. The van der Waals surface area contributed by atoms with E-state index in [0.29, 0.717) is 5.69 Å². The van der Waals surface area contributed by atoms with Gasteiger partial charge in [-0.3, -0.25) is 4.98 Å². The zero-order valence-corrected chi connectivity index (χ0v) is 20.7. The summed E-state index contributed by atoms with van der Waals surface area (Å²) in [6.07, 6.45) is 1.94. The van der Waals surface area contributed by atoms with Crippen LogP contribution < -0.4 is 0 Å². The molecule has 0 fully saturated rings. The Bertz CT molecular complexity index is 2270. The largest absolute Gasteiger partial charge is 0.456 e. The van der Waals surface area contributed by atoms with Crippen molar-refractivity contribution >= 4 is 60.2 Å². The highest BCUT2D eigenvalue weighted by molar-refractivity contribution is 6.20. The molecule has 5 aromatic carbocycles. The lowest BCUT2D eigenvalue weighted by atomic mass is 9.97. The Kier molecular flexibility index (Phi) is 4.55. The Labute approximate surface area is 223 Å². The maximum atomic E-state index is 7.37. The van der Waals surface area contributed by atoms with Crippen LogP contribution in [0.5, 0.6) is 0 Å². The maximum Gasteiger partial charge on any atom is 0.188 e. The van der Waals surface area contributed by atoms with Gasteiger partial charge in [-0.2, -0.15) is 0 Å². The minimum Gasteiger partial charge on any atom is -0.456 e. The molecule has 3 heterocycles. The number of fused-ring (bicyclic) bond motifs is 8. The van der Waals surface area contributed by atoms with Gasteiger partial charge < -0.3 is 4.42 Å². The second kappa shape index (κ2) is 8.24. The first-order chi connectivity index (χ1) is 19.3. The summed E-state index contributed by atoms with van der Waals surface area (Å²) in [4.78, 5) is 13.5. The molecule has 8 aromatic rings. The summed E-state index contributed by atoms with van der Waals surface area (Å²) in [6, 6.07) is 37.0. The van der Waals surface area contributed by atoms with E-state index >= 15 is 0 Å². The summed E-state index contributed by atoms with van der Waals surface area (Å²) in [6.45, 7) is 7.37. The fourth-order valence-corrected chi connectivity index (χ4v) is 5.61. The Balaban J connectivity index is 1.29. The molecule has 180 valence electrons. The molecule has 0 N–H and O–H groups in total. The molecule has 39 heavy (non-hydrogen) atoms. The molecule has 0 bridgehead atoms. The molecule has 4 nitrogen and oxygen atoms in total. The van der Waals surface area contributed by atoms with Crippen LogP contribution >= 0.6 is 0 Å². The lowest BCUT2D eigenvalue weighted by Crippen LogP contribution is -1.93. The molecule has 0 saturated heterocycles. The monoisotopic (exact) mass is 497 g/mol. The van der Waals surface area contributed by atoms with E-state index in [4.69, 9.17) is 21.0 Å². The quantitative estimate of drug-likeness (QED) is 0.176. The van der Waals surface area contributed by atoms with Crippen LogP contribution in [0.15, 0.2) is 120 Å². The molecule has 0 radical (unpaired) electrons. The van der Waals surface area contributed by atoms with Gasteiger partial charge in [0.25, 0.3) is 0 Å². The number of para-hydroxylation sites is 1. The third-order valence-corrected chi connectivity index (χ3v) is 7.50. The van der Waals surface area contributed by atoms with E-state index < -0.39 is 0 Å². The lowest BCUT2D eigenvalue weighted by molar-refractivity contribution is 0.669. The van der Waals surface area contributed by atoms with Crippen LogP contribution in [0.2, 0.25) is 0 Å². The molecule has 0 aliphatic rings. The minimum atomic E-state index is 0.608. The SMILES string of the molecule is [C-]#[N+]c1ccc2oc3ccc(-c4ccc(-c5nc6ccccc6c6c5ncc5ccccc56)cc4)cc3c2c1. The molecular weight excluding hydrogens is 478 g/mol. The minimum absolute atomic E-state index is 0.608.